The van der Waals surface area contributed by atoms with Gasteiger partial charge in [0, 0.05) is 23.7 Å². The van der Waals surface area contributed by atoms with Crippen LogP contribution in [0.4, 0.5) is 5.69 Å². The van der Waals surface area contributed by atoms with Crippen LogP contribution in [0, 0.1) is 17.8 Å². The monoisotopic (exact) mass is 353 g/mol. The number of nitrogens with two attached hydrogens (primary N) is 1. The van der Waals surface area contributed by atoms with Crippen LogP contribution in [0.1, 0.15) is 44.5 Å². The van der Waals surface area contributed by atoms with E-state index in [1.165, 1.54) is 0 Å². The lowest BCUT2D eigenvalue weighted by atomic mass is 9.88. The molecule has 1 aromatic rings. The zero-order valence-electron chi connectivity index (χ0n) is 14.8. The molecule has 0 aliphatic heterocycles. The number of hydrogen-bond donors (Lipinski definition) is 3. The van der Waals surface area contributed by atoms with Crippen LogP contribution >= 0.6 is 12.4 Å². The highest BCUT2D eigenvalue weighted by Crippen LogP contribution is 2.38. The largest absolute Gasteiger partial charge is 0.345 e. The SMILES string of the molecule is CC1CC1C(=O)Nc1ccc(C(=O)NC(C)(CN)C(C)C)cc1.Cl. The van der Waals surface area contributed by atoms with Gasteiger partial charge in [-0.2, -0.15) is 0 Å². The molecule has 2 amide bonds. The van der Waals surface area contributed by atoms with Crippen molar-refractivity contribution in [3.63, 3.8) is 0 Å². The van der Waals surface area contributed by atoms with Gasteiger partial charge in [-0.25, -0.2) is 0 Å². The summed E-state index contributed by atoms with van der Waals surface area (Å²) in [7, 11) is 0. The van der Waals surface area contributed by atoms with Gasteiger partial charge in [0.05, 0.1) is 5.54 Å². The lowest BCUT2D eigenvalue weighted by Crippen LogP contribution is -2.55. The molecule has 1 fully saturated rings. The molecule has 2 rings (SSSR count). The van der Waals surface area contributed by atoms with E-state index in [1.54, 1.807) is 24.3 Å². The minimum absolute atomic E-state index is 0. The fourth-order valence-corrected chi connectivity index (χ4v) is 2.39. The van der Waals surface area contributed by atoms with E-state index in [9.17, 15) is 9.59 Å². The minimum Gasteiger partial charge on any atom is -0.345 e. The van der Waals surface area contributed by atoms with Gasteiger partial charge in [0.25, 0.3) is 5.91 Å². The van der Waals surface area contributed by atoms with E-state index in [0.29, 0.717) is 18.0 Å². The average Bonchev–Trinajstić information content (AvgIpc) is 3.24. The molecule has 1 aromatic carbocycles. The third-order valence-corrected chi connectivity index (χ3v) is 4.96. The quantitative estimate of drug-likeness (QED) is 0.735. The highest BCUT2D eigenvalue weighted by atomic mass is 35.5. The zero-order valence-corrected chi connectivity index (χ0v) is 15.6. The number of anilines is 1. The van der Waals surface area contributed by atoms with Crippen LogP contribution in [0.25, 0.3) is 0 Å². The fourth-order valence-electron chi connectivity index (χ4n) is 2.39. The Hall–Kier alpha value is -1.59. The first-order chi connectivity index (χ1) is 10.8. The average molecular weight is 354 g/mol. The minimum atomic E-state index is -0.438. The summed E-state index contributed by atoms with van der Waals surface area (Å²) >= 11 is 0. The molecule has 4 N–H and O–H groups in total. The summed E-state index contributed by atoms with van der Waals surface area (Å²) in [5.74, 6) is 0.750. The molecule has 0 heterocycles. The molecular weight excluding hydrogens is 326 g/mol. The fraction of sp³-hybridized carbons (Fsp3) is 0.556. The first-order valence-electron chi connectivity index (χ1n) is 8.20. The van der Waals surface area contributed by atoms with Crippen molar-refractivity contribution in [1.29, 1.82) is 0 Å². The highest BCUT2D eigenvalue weighted by molar-refractivity contribution is 5.97. The van der Waals surface area contributed by atoms with Crippen LogP contribution in [0.2, 0.25) is 0 Å². The zero-order chi connectivity index (χ0) is 17.2. The molecule has 0 spiro atoms. The number of amides is 2. The maximum absolute atomic E-state index is 12.4. The van der Waals surface area contributed by atoms with Crippen LogP contribution in [0.3, 0.4) is 0 Å². The second kappa shape index (κ2) is 7.99. The number of carbonyl (C=O) groups is 2. The van der Waals surface area contributed by atoms with Crippen molar-refractivity contribution in [2.75, 3.05) is 11.9 Å². The normalized spacial score (nSPS) is 21.4. The maximum atomic E-state index is 12.4. The van der Waals surface area contributed by atoms with Gasteiger partial charge in [-0.15, -0.1) is 12.4 Å². The van der Waals surface area contributed by atoms with Gasteiger partial charge in [0.15, 0.2) is 0 Å². The molecule has 0 bridgehead atoms. The number of carbonyl (C=O) groups excluding carboxylic acids is 2. The highest BCUT2D eigenvalue weighted by Gasteiger charge is 2.39. The van der Waals surface area contributed by atoms with Crippen molar-refractivity contribution < 1.29 is 9.59 Å². The topological polar surface area (TPSA) is 84.2 Å². The molecular formula is C18H28ClN3O2. The molecule has 6 heteroatoms. The first-order valence-corrected chi connectivity index (χ1v) is 8.20. The molecule has 1 aliphatic carbocycles. The van der Waals surface area contributed by atoms with Crippen molar-refractivity contribution in [2.45, 2.75) is 39.7 Å². The van der Waals surface area contributed by atoms with Crippen LogP contribution in [0.5, 0.6) is 0 Å². The van der Waals surface area contributed by atoms with Gasteiger partial charge in [0.2, 0.25) is 5.91 Å². The van der Waals surface area contributed by atoms with E-state index in [2.05, 4.69) is 17.6 Å². The summed E-state index contributed by atoms with van der Waals surface area (Å²) in [6.07, 6.45) is 0.958. The van der Waals surface area contributed by atoms with Crippen LogP contribution < -0.4 is 16.4 Å². The maximum Gasteiger partial charge on any atom is 0.251 e. The molecule has 3 atom stereocenters. The molecule has 3 unspecified atom stereocenters. The number of halogens is 1. The van der Waals surface area contributed by atoms with E-state index in [0.717, 1.165) is 12.1 Å². The van der Waals surface area contributed by atoms with Crippen LogP contribution in [-0.2, 0) is 4.79 Å². The number of hydrogen-bond acceptors (Lipinski definition) is 3. The summed E-state index contributed by atoms with van der Waals surface area (Å²) < 4.78 is 0. The Morgan fingerprint density at radius 1 is 1.29 bits per heavy atom. The van der Waals surface area contributed by atoms with Crippen molar-refractivity contribution in [1.82, 2.24) is 5.32 Å². The summed E-state index contributed by atoms with van der Waals surface area (Å²) in [4.78, 5) is 24.3. The van der Waals surface area contributed by atoms with E-state index in [-0.39, 0.29) is 36.1 Å². The Labute approximate surface area is 150 Å². The molecule has 0 aromatic heterocycles. The van der Waals surface area contributed by atoms with Gasteiger partial charge >= 0.3 is 0 Å². The summed E-state index contributed by atoms with van der Waals surface area (Å²) in [5, 5.41) is 5.89. The van der Waals surface area contributed by atoms with Crippen molar-refractivity contribution in [2.24, 2.45) is 23.5 Å². The van der Waals surface area contributed by atoms with Crippen molar-refractivity contribution in [3.8, 4) is 0 Å². The van der Waals surface area contributed by atoms with Gasteiger partial charge in [-0.05, 0) is 49.4 Å². The van der Waals surface area contributed by atoms with Crippen molar-refractivity contribution in [3.05, 3.63) is 29.8 Å². The van der Waals surface area contributed by atoms with Gasteiger partial charge < -0.3 is 16.4 Å². The lowest BCUT2D eigenvalue weighted by molar-refractivity contribution is -0.117. The van der Waals surface area contributed by atoms with E-state index < -0.39 is 5.54 Å². The molecule has 1 aliphatic rings. The Kier molecular flexibility index (Phi) is 6.81. The molecule has 24 heavy (non-hydrogen) atoms. The Bertz CT molecular complexity index is 588. The van der Waals surface area contributed by atoms with E-state index >= 15 is 0 Å². The Morgan fingerprint density at radius 2 is 1.83 bits per heavy atom. The molecule has 0 saturated heterocycles. The number of benzene rings is 1. The second-order valence-electron chi connectivity index (χ2n) is 7.12. The van der Waals surface area contributed by atoms with Crippen LogP contribution in [0.15, 0.2) is 24.3 Å². The van der Waals surface area contributed by atoms with Gasteiger partial charge in [-0.1, -0.05) is 20.8 Å². The van der Waals surface area contributed by atoms with E-state index in [4.69, 9.17) is 5.73 Å². The second-order valence-corrected chi connectivity index (χ2v) is 7.12. The summed E-state index contributed by atoms with van der Waals surface area (Å²) in [5.41, 5.74) is 6.64. The Morgan fingerprint density at radius 3 is 2.25 bits per heavy atom. The van der Waals surface area contributed by atoms with E-state index in [1.807, 2.05) is 20.8 Å². The predicted octanol–water partition coefficient (Wildman–Crippen LogP) is 2.81. The van der Waals surface area contributed by atoms with Gasteiger partial charge in [-0.3, -0.25) is 9.59 Å². The smallest absolute Gasteiger partial charge is 0.251 e. The van der Waals surface area contributed by atoms with Crippen LogP contribution in [-0.4, -0.2) is 23.9 Å². The molecule has 0 radical (unpaired) electrons. The Balaban J connectivity index is 0.00000288. The third-order valence-electron chi connectivity index (χ3n) is 4.96. The standard InChI is InChI=1S/C18H27N3O2.ClH/c1-11(2)18(4,10-19)21-16(22)13-5-7-14(8-6-13)20-17(23)15-9-12(15)3;/h5-8,11-12,15H,9-10,19H2,1-4H3,(H,20,23)(H,21,22);1H. The summed E-state index contributed by atoms with van der Waals surface area (Å²) in [6, 6.07) is 6.96. The summed E-state index contributed by atoms with van der Waals surface area (Å²) in [6.45, 7) is 8.46. The molecule has 5 nitrogen and oxygen atoms in total. The van der Waals surface area contributed by atoms with Crippen molar-refractivity contribution >= 4 is 29.9 Å². The number of rotatable bonds is 6. The predicted molar refractivity (Wildman–Crippen MR) is 99.4 cm³/mol. The number of nitrogens with one attached hydrogen (secondary N) is 2. The van der Waals surface area contributed by atoms with Gasteiger partial charge in [0.1, 0.15) is 0 Å². The lowest BCUT2D eigenvalue weighted by Gasteiger charge is -2.33. The molecule has 134 valence electrons. The molecule has 1 saturated carbocycles. The first kappa shape index (κ1) is 20.5. The third kappa shape index (κ3) is 4.71.